The molecule has 6 aromatic heterocycles. The van der Waals surface area contributed by atoms with Gasteiger partial charge in [-0.2, -0.15) is 9.61 Å². The van der Waals surface area contributed by atoms with Crippen LogP contribution in [0.15, 0.2) is 66.7 Å². The highest BCUT2D eigenvalue weighted by Gasteiger charge is 2.26. The average Bonchev–Trinajstić information content (AvgIpc) is 4.11. The number of carbonyl (C=O) groups is 1. The standard InChI is InChI=1S/C23H27N5O2S.C16H20N4O2.C7H9NOS/c1-23(2,3)20-17(13-15-9-11-19(31-15)27(4)5)22-25-24-21(28(22)26-20)16-10-8-14(29-6)12-18(16)30-7;1-16(2,3)13-9-14-17-18-15(20(14)19-13)11-7-6-10(21-4)8-12(11)22-5;1-8(2)7-4-3-6(5-9)10-7/h8-13H,1-7H3;6-9,19H,1-5H3;3-5H,1-2H3/b17-13-;;. The highest BCUT2D eigenvalue weighted by Crippen LogP contribution is 2.35. The summed E-state index contributed by atoms with van der Waals surface area (Å²) < 4.78 is 25.3. The molecule has 0 unspecified atom stereocenters. The number of nitrogens with one attached hydrogen (secondary N) is 1. The van der Waals surface area contributed by atoms with E-state index >= 15 is 0 Å². The third-order valence-corrected chi connectivity index (χ3v) is 12.2. The summed E-state index contributed by atoms with van der Waals surface area (Å²) in [4.78, 5) is 16.3. The van der Waals surface area contributed by atoms with Crippen molar-refractivity contribution < 1.29 is 23.7 Å². The molecule has 0 aliphatic heterocycles. The Hall–Kier alpha value is -6.46. The molecule has 15 nitrogen and oxygen atoms in total. The molecule has 0 saturated heterocycles. The minimum Gasteiger partial charge on any atom is -0.497 e. The number of nitrogens with zero attached hydrogens (tertiary/aromatic N) is 9. The first-order valence-corrected chi connectivity index (χ1v) is 21.7. The molecule has 1 N–H and O–H groups in total. The number of fused-ring (bicyclic) bond motifs is 2. The van der Waals surface area contributed by atoms with Crippen LogP contribution in [0.25, 0.3) is 40.1 Å². The number of rotatable bonds is 10. The first kappa shape index (κ1) is 46.1. The lowest BCUT2D eigenvalue weighted by atomic mass is 9.91. The van der Waals surface area contributed by atoms with Crippen LogP contribution in [0.2, 0.25) is 0 Å². The number of methoxy groups -OCH3 is 4. The monoisotopic (exact) mass is 892 g/mol. The number of thiophene rings is 2. The van der Waals surface area contributed by atoms with Gasteiger partial charge in [0.15, 0.2) is 29.2 Å². The summed E-state index contributed by atoms with van der Waals surface area (Å²) in [7, 11) is 14.5. The zero-order valence-electron chi connectivity index (χ0n) is 38.4. The van der Waals surface area contributed by atoms with E-state index in [4.69, 9.17) is 24.0 Å². The fourth-order valence-corrected chi connectivity index (χ4v) is 8.03. The largest absolute Gasteiger partial charge is 0.497 e. The van der Waals surface area contributed by atoms with Gasteiger partial charge in [-0.05, 0) is 54.6 Å². The first-order chi connectivity index (χ1) is 29.9. The fraction of sp³-hybridized carbons (Fsp3) is 0.348. The molecule has 0 aliphatic carbocycles. The Kier molecular flexibility index (Phi) is 13.8. The zero-order chi connectivity index (χ0) is 45.8. The predicted molar refractivity (Wildman–Crippen MR) is 254 cm³/mol. The van der Waals surface area contributed by atoms with Gasteiger partial charge in [0.1, 0.15) is 23.0 Å². The summed E-state index contributed by atoms with van der Waals surface area (Å²) in [6, 6.07) is 21.3. The van der Waals surface area contributed by atoms with Gasteiger partial charge in [0.05, 0.1) is 60.1 Å². The number of hydrogen-bond acceptors (Lipinski definition) is 14. The van der Waals surface area contributed by atoms with E-state index in [1.54, 1.807) is 39.8 Å². The number of aldehydes is 1. The Morgan fingerprint density at radius 2 is 1.17 bits per heavy atom. The van der Waals surface area contributed by atoms with Crippen LogP contribution < -0.4 is 34.0 Å². The lowest BCUT2D eigenvalue weighted by Crippen LogP contribution is -2.22. The van der Waals surface area contributed by atoms with Crippen molar-refractivity contribution in [2.24, 2.45) is 0 Å². The van der Waals surface area contributed by atoms with Gasteiger partial charge in [-0.1, -0.05) is 41.5 Å². The highest BCUT2D eigenvalue weighted by atomic mass is 32.1. The summed E-state index contributed by atoms with van der Waals surface area (Å²) in [6.45, 7) is 12.9. The van der Waals surface area contributed by atoms with Crippen molar-refractivity contribution in [3.8, 4) is 45.8 Å². The fourth-order valence-electron chi connectivity index (χ4n) is 6.41. The summed E-state index contributed by atoms with van der Waals surface area (Å²) in [5.74, 6) is 4.16. The van der Waals surface area contributed by atoms with Crippen LogP contribution in [0, 0.1) is 0 Å². The normalized spacial score (nSPS) is 11.8. The van der Waals surface area contributed by atoms with E-state index in [-0.39, 0.29) is 10.8 Å². The molecule has 0 saturated carbocycles. The Morgan fingerprint density at radius 1 is 0.635 bits per heavy atom. The van der Waals surface area contributed by atoms with E-state index in [9.17, 15) is 4.79 Å². The third kappa shape index (κ3) is 10.1. The minimum absolute atomic E-state index is 0.0158. The molecule has 8 rings (SSSR count). The summed E-state index contributed by atoms with van der Waals surface area (Å²) in [5.41, 5.74) is 5.13. The molecule has 0 fully saturated rings. The lowest BCUT2D eigenvalue weighted by molar-refractivity contribution is 0.112. The number of anilines is 2. The van der Waals surface area contributed by atoms with Crippen molar-refractivity contribution >= 4 is 56.3 Å². The number of H-pyrrole nitrogens is 1. The smallest absolute Gasteiger partial charge is 0.189 e. The second-order valence-electron chi connectivity index (χ2n) is 16.9. The second-order valence-corrected chi connectivity index (χ2v) is 19.1. The van der Waals surface area contributed by atoms with Crippen LogP contribution >= 0.6 is 22.7 Å². The van der Waals surface area contributed by atoms with Crippen LogP contribution in [-0.2, 0) is 10.8 Å². The number of ether oxygens (including phenoxy) is 4. The van der Waals surface area contributed by atoms with Gasteiger partial charge >= 0.3 is 0 Å². The van der Waals surface area contributed by atoms with Crippen molar-refractivity contribution in [3.05, 3.63) is 93.1 Å². The Morgan fingerprint density at radius 3 is 1.65 bits per heavy atom. The molecule has 0 spiro atoms. The molecule has 63 heavy (non-hydrogen) atoms. The maximum Gasteiger partial charge on any atom is 0.189 e. The van der Waals surface area contributed by atoms with Gasteiger partial charge in [-0.15, -0.1) is 43.1 Å². The predicted octanol–water partition coefficient (Wildman–Crippen LogP) is 8.45. The quantitative estimate of drug-likeness (QED) is 0.131. The van der Waals surface area contributed by atoms with E-state index in [1.165, 1.54) is 16.3 Å². The molecular formula is C46H56N10O5S2. The molecule has 2 aromatic carbocycles. The first-order valence-electron chi connectivity index (χ1n) is 20.1. The van der Waals surface area contributed by atoms with Gasteiger partial charge in [0.25, 0.3) is 0 Å². The summed E-state index contributed by atoms with van der Waals surface area (Å²) in [6.07, 6.45) is 3.03. The number of benzene rings is 2. The van der Waals surface area contributed by atoms with Gasteiger partial charge in [-0.3, -0.25) is 9.89 Å². The SMILES string of the molecule is CN(C)c1ccc(C=O)s1.COc1ccc(-c2nnc3/c(=C\c4ccc(N(C)C)s4)c(C(C)(C)C)nn23)c(OC)c1.COc1ccc(-c2nnc3cc(C(C)(C)C)[nH]n23)c(OC)c1. The number of aromatic amines is 1. The van der Waals surface area contributed by atoms with E-state index < -0.39 is 0 Å². The van der Waals surface area contributed by atoms with Crippen molar-refractivity contribution in [1.29, 1.82) is 0 Å². The van der Waals surface area contributed by atoms with Gasteiger partial charge in [0, 0.05) is 73.0 Å². The summed E-state index contributed by atoms with van der Waals surface area (Å²) >= 11 is 3.23. The van der Waals surface area contributed by atoms with Crippen LogP contribution in [0.1, 0.15) is 67.5 Å². The highest BCUT2D eigenvalue weighted by molar-refractivity contribution is 7.17. The molecule has 0 aliphatic rings. The third-order valence-electron chi connectivity index (χ3n) is 9.86. The second kappa shape index (κ2) is 18.9. The van der Waals surface area contributed by atoms with Crippen LogP contribution in [0.4, 0.5) is 10.0 Å². The number of carbonyl (C=O) groups excluding carboxylic acids is 1. The molecule has 17 heteroatoms. The zero-order valence-corrected chi connectivity index (χ0v) is 40.0. The van der Waals surface area contributed by atoms with Crippen LogP contribution in [0.3, 0.4) is 0 Å². The molecule has 0 atom stereocenters. The van der Waals surface area contributed by atoms with Crippen LogP contribution in [-0.4, -0.2) is 103 Å². The molecular weight excluding hydrogens is 837 g/mol. The van der Waals surface area contributed by atoms with E-state index in [0.29, 0.717) is 23.1 Å². The van der Waals surface area contributed by atoms with Gasteiger partial charge in [-0.25, -0.2) is 4.52 Å². The van der Waals surface area contributed by atoms with Crippen molar-refractivity contribution in [1.82, 2.24) is 39.6 Å². The lowest BCUT2D eigenvalue weighted by Gasteiger charge is -2.15. The van der Waals surface area contributed by atoms with E-state index in [2.05, 4.69) is 90.1 Å². The maximum atomic E-state index is 10.2. The maximum absolute atomic E-state index is 10.2. The Labute approximate surface area is 375 Å². The van der Waals surface area contributed by atoms with Crippen molar-refractivity contribution in [2.45, 2.75) is 52.4 Å². The topological polar surface area (TPSA) is 150 Å². The molecule has 332 valence electrons. The van der Waals surface area contributed by atoms with E-state index in [1.807, 2.05) is 96.7 Å². The number of hydrogen-bond donors (Lipinski definition) is 1. The average molecular weight is 893 g/mol. The van der Waals surface area contributed by atoms with Crippen molar-refractivity contribution in [2.75, 3.05) is 66.4 Å². The Bertz CT molecular complexity index is 2870. The molecule has 0 bridgehead atoms. The Balaban J connectivity index is 0.000000178. The van der Waals surface area contributed by atoms with Gasteiger partial charge in [0.2, 0.25) is 0 Å². The van der Waals surface area contributed by atoms with Crippen LogP contribution in [0.5, 0.6) is 23.0 Å². The summed E-state index contributed by atoms with van der Waals surface area (Å²) in [5, 5.41) is 29.1. The molecule has 8 aromatic rings. The molecule has 0 radical (unpaired) electrons. The minimum atomic E-state index is -0.157. The van der Waals surface area contributed by atoms with Crippen molar-refractivity contribution in [3.63, 3.8) is 0 Å². The van der Waals surface area contributed by atoms with Gasteiger partial charge < -0.3 is 28.7 Å². The van der Waals surface area contributed by atoms with E-state index in [0.717, 1.165) is 71.6 Å². The molecule has 6 heterocycles. The molecule has 0 amide bonds. The number of aromatic nitrogens is 8.